The van der Waals surface area contributed by atoms with E-state index in [1.807, 2.05) is 112 Å². The number of nitrogens with zero attached hydrogens (tertiary/aromatic N) is 4. The van der Waals surface area contributed by atoms with Crippen LogP contribution in [0.4, 0.5) is 22.7 Å². The van der Waals surface area contributed by atoms with Crippen molar-refractivity contribution in [3.05, 3.63) is 201 Å². The van der Waals surface area contributed by atoms with Gasteiger partial charge in [-0.25, -0.2) is 9.97 Å². The van der Waals surface area contributed by atoms with Crippen molar-refractivity contribution in [1.29, 1.82) is 0 Å². The van der Waals surface area contributed by atoms with E-state index in [1.54, 1.807) is 55.1 Å². The fourth-order valence-corrected chi connectivity index (χ4v) is 9.42. The molecule has 3 atom stereocenters. The minimum atomic E-state index is -0.177. The van der Waals surface area contributed by atoms with E-state index in [4.69, 9.17) is 11.6 Å². The molecule has 9 aromatic rings. The van der Waals surface area contributed by atoms with Crippen LogP contribution in [-0.2, 0) is 6.54 Å². The highest BCUT2D eigenvalue weighted by Gasteiger charge is 2.40. The van der Waals surface area contributed by atoms with E-state index < -0.39 is 0 Å². The number of carbonyl (C=O) groups excluding carboxylic acids is 2. The second-order valence-corrected chi connectivity index (χ2v) is 17.2. The number of hydrogen-bond donors (Lipinski definition) is 6. The van der Waals surface area contributed by atoms with Crippen LogP contribution < -0.4 is 32.4 Å². The fourth-order valence-electron chi connectivity index (χ4n) is 9.22. The third kappa shape index (κ3) is 9.33. The Morgan fingerprint density at radius 3 is 1.70 bits per heavy atom. The third-order valence-corrected chi connectivity index (χ3v) is 12.9. The quantitative estimate of drug-likeness (QED) is 0.0742. The lowest BCUT2D eigenvalue weighted by Crippen LogP contribution is -2.38. The van der Waals surface area contributed by atoms with E-state index in [0.717, 1.165) is 74.5 Å². The van der Waals surface area contributed by atoms with E-state index >= 15 is 0 Å². The zero-order valence-corrected chi connectivity index (χ0v) is 36.8. The van der Waals surface area contributed by atoms with E-state index in [2.05, 4.69) is 41.2 Å². The molecule has 2 amide bonds. The van der Waals surface area contributed by atoms with Crippen LogP contribution in [0, 0.1) is 11.8 Å². The molecule has 0 radical (unpaired) electrons. The molecule has 2 bridgehead atoms. The van der Waals surface area contributed by atoms with Gasteiger partial charge in [0.25, 0.3) is 11.8 Å². The van der Waals surface area contributed by atoms with Crippen LogP contribution in [0.1, 0.15) is 52.0 Å². The molecule has 0 aliphatic heterocycles. The molecule has 0 spiro atoms. The smallest absolute Gasteiger partial charge is 0.251 e. The maximum atomic E-state index is 12.7. The van der Waals surface area contributed by atoms with Crippen molar-refractivity contribution in [2.24, 2.45) is 11.8 Å². The van der Waals surface area contributed by atoms with Gasteiger partial charge in [-0.2, -0.15) is 0 Å². The van der Waals surface area contributed by atoms with Gasteiger partial charge in [0.05, 0.1) is 22.8 Å². The highest BCUT2D eigenvalue weighted by atomic mass is 35.5. The van der Waals surface area contributed by atoms with Gasteiger partial charge in [-0.1, -0.05) is 36.2 Å². The molecule has 15 heteroatoms. The first-order valence-electron chi connectivity index (χ1n) is 22.1. The molecule has 0 unspecified atom stereocenters. The first kappa shape index (κ1) is 42.7. The summed E-state index contributed by atoms with van der Waals surface area (Å²) < 4.78 is 3.88. The van der Waals surface area contributed by atoms with Crippen molar-refractivity contribution < 1.29 is 9.59 Å². The topological polar surface area (TPSA) is 183 Å². The van der Waals surface area contributed by atoms with Crippen molar-refractivity contribution >= 4 is 57.5 Å². The van der Waals surface area contributed by atoms with Gasteiger partial charge < -0.3 is 31.2 Å². The molecule has 2 aliphatic rings. The number of pyridine rings is 4. The van der Waals surface area contributed by atoms with Gasteiger partial charge in [0, 0.05) is 101 Å². The highest BCUT2D eigenvalue weighted by Crippen LogP contribution is 2.44. The molecule has 334 valence electrons. The van der Waals surface area contributed by atoms with Crippen molar-refractivity contribution in [3.63, 3.8) is 0 Å². The van der Waals surface area contributed by atoms with Crippen molar-refractivity contribution in [2.75, 3.05) is 10.6 Å². The maximum Gasteiger partial charge on any atom is 0.251 e. The average molecular weight is 909 g/mol. The number of fused-ring (bicyclic) bond motifs is 4. The summed E-state index contributed by atoms with van der Waals surface area (Å²) in [5, 5.41) is 13.5. The Morgan fingerprint density at radius 1 is 0.642 bits per heavy atom. The lowest BCUT2D eigenvalue weighted by Gasteiger charge is -2.22. The van der Waals surface area contributed by atoms with Gasteiger partial charge in [-0.3, -0.25) is 28.0 Å². The zero-order chi connectivity index (χ0) is 45.9. The molecule has 6 N–H and O–H groups in total. The molecular formula is C52H45ClN10O4. The highest BCUT2D eigenvalue weighted by molar-refractivity contribution is 6.31. The number of rotatable bonds is 11. The first-order chi connectivity index (χ1) is 32.7. The van der Waals surface area contributed by atoms with Crippen LogP contribution >= 0.6 is 11.6 Å². The Labute approximate surface area is 389 Å². The number of aromatic amines is 2. The van der Waals surface area contributed by atoms with Crippen molar-refractivity contribution in [1.82, 2.24) is 39.4 Å². The van der Waals surface area contributed by atoms with Gasteiger partial charge >= 0.3 is 0 Å². The normalized spacial score (nSPS) is 16.0. The largest absolute Gasteiger partial charge is 0.352 e. The summed E-state index contributed by atoms with van der Waals surface area (Å²) >= 11 is 6.15. The summed E-state index contributed by atoms with van der Waals surface area (Å²) in [5.74, 6) is 1.30. The van der Waals surface area contributed by atoms with Gasteiger partial charge in [0.1, 0.15) is 0 Å². The van der Waals surface area contributed by atoms with E-state index in [-0.39, 0.29) is 22.9 Å². The van der Waals surface area contributed by atoms with E-state index in [1.165, 1.54) is 19.3 Å². The van der Waals surface area contributed by atoms with Crippen LogP contribution in [-0.4, -0.2) is 46.6 Å². The Hall–Kier alpha value is -8.23. The number of amides is 2. The van der Waals surface area contributed by atoms with Crippen LogP contribution in [0.15, 0.2) is 168 Å². The molecule has 0 saturated heterocycles. The van der Waals surface area contributed by atoms with Crippen LogP contribution in [0.3, 0.4) is 0 Å². The van der Waals surface area contributed by atoms with Crippen molar-refractivity contribution in [3.8, 4) is 22.5 Å². The molecule has 2 fully saturated rings. The zero-order valence-electron chi connectivity index (χ0n) is 36.1. The summed E-state index contributed by atoms with van der Waals surface area (Å²) in [6, 6.07) is 37.1. The molecule has 2 saturated carbocycles. The molecule has 11 rings (SSSR count). The van der Waals surface area contributed by atoms with Gasteiger partial charge in [-0.05, 0) is 128 Å². The van der Waals surface area contributed by atoms with Gasteiger partial charge in [0.2, 0.25) is 11.1 Å². The predicted octanol–water partition coefficient (Wildman–Crippen LogP) is 9.37. The molecule has 14 nitrogen and oxygen atoms in total. The molecule has 67 heavy (non-hydrogen) atoms. The first-order valence-corrected chi connectivity index (χ1v) is 22.5. The number of aromatic nitrogens is 6. The maximum absolute atomic E-state index is 12.7. The summed E-state index contributed by atoms with van der Waals surface area (Å²) in [4.78, 5) is 62.9. The summed E-state index contributed by atoms with van der Waals surface area (Å²) in [6.07, 6.45) is 15.4. The van der Waals surface area contributed by atoms with Crippen LogP contribution in [0.5, 0.6) is 0 Å². The average Bonchev–Trinajstić information content (AvgIpc) is 4.19. The SMILES string of the molecule is O=C(NCc1ccccc1Cl)c1ccc(Nc2ccc(-c3cc[nH]c(=O)c3)n3ccnc23)cc1.O=C(N[C@@H]1C[C@H]2CC[C@@H]1C2)c1ccc(Nc2ccc(-c3cc[nH]c(=O)c3)n3ccnc23)cc1. The second-order valence-electron chi connectivity index (χ2n) is 16.8. The lowest BCUT2D eigenvalue weighted by molar-refractivity contribution is 0.0920. The molecule has 6 aromatic heterocycles. The van der Waals surface area contributed by atoms with Crippen molar-refractivity contribution in [2.45, 2.75) is 38.3 Å². The summed E-state index contributed by atoms with van der Waals surface area (Å²) in [6.45, 7) is 0.357. The van der Waals surface area contributed by atoms with E-state index in [9.17, 15) is 19.2 Å². The molecule has 3 aromatic carbocycles. The second kappa shape index (κ2) is 18.7. The summed E-state index contributed by atoms with van der Waals surface area (Å²) in [5.41, 5.74) is 9.95. The minimum Gasteiger partial charge on any atom is -0.352 e. The number of imidazole rings is 2. The van der Waals surface area contributed by atoms with Gasteiger partial charge in [0.15, 0.2) is 11.3 Å². The Kier molecular flexibility index (Phi) is 11.9. The number of benzene rings is 3. The lowest BCUT2D eigenvalue weighted by atomic mass is 9.95. The number of hydrogen-bond acceptors (Lipinski definition) is 8. The van der Waals surface area contributed by atoms with E-state index in [0.29, 0.717) is 34.7 Å². The number of carbonyl (C=O) groups is 2. The number of halogens is 1. The molecule has 2 aliphatic carbocycles. The number of anilines is 4. The van der Waals surface area contributed by atoms with Crippen LogP contribution in [0.25, 0.3) is 33.8 Å². The number of H-pyrrole nitrogens is 2. The molecular weight excluding hydrogens is 864 g/mol. The monoisotopic (exact) mass is 908 g/mol. The Balaban J connectivity index is 0.000000157. The van der Waals surface area contributed by atoms with Crippen LogP contribution in [0.2, 0.25) is 5.02 Å². The summed E-state index contributed by atoms with van der Waals surface area (Å²) in [7, 11) is 0. The van der Waals surface area contributed by atoms with Gasteiger partial charge in [-0.15, -0.1) is 0 Å². The number of nitrogens with one attached hydrogen (secondary N) is 6. The minimum absolute atomic E-state index is 0.0111. The predicted molar refractivity (Wildman–Crippen MR) is 261 cm³/mol. The Bertz CT molecular complexity index is 3380. The Morgan fingerprint density at radius 2 is 1.19 bits per heavy atom. The molecule has 6 heterocycles. The fraction of sp³-hybridized carbons (Fsp3) is 0.154. The third-order valence-electron chi connectivity index (χ3n) is 12.5. The standard InChI is InChI=1S/C26H20ClN5O2.C26H25N5O2/c27-21-4-2-1-3-19(21)16-30-26(34)17-5-7-20(8-6-17)31-22-9-10-23(32-14-13-29-25(22)32)18-11-12-28-24(33)15-18;32-24-15-19(9-10-27-24)23-8-7-21(25-28-11-12-31(23)25)29-20-5-3-17(4-6-20)26(33)30-22-14-16-1-2-18(22)13-16/h1-15,31H,16H2,(H,28,33)(H,30,34);3-12,15-16,18,22,29H,1-2,13-14H2,(H,27,32)(H,30,33)/t;16-,18+,22+/m.0/s1.